The number of aromatic nitrogens is 2. The topological polar surface area (TPSA) is 158 Å². The number of methoxy groups -OCH3 is 1. The van der Waals surface area contributed by atoms with Crippen LogP contribution in [-0.4, -0.2) is 37.2 Å². The molecule has 2 atom stereocenters. The minimum absolute atomic E-state index is 0.106. The Kier molecular flexibility index (Phi) is 7.50. The van der Waals surface area contributed by atoms with Gasteiger partial charge in [-0.15, -0.1) is 0 Å². The summed E-state index contributed by atoms with van der Waals surface area (Å²) in [6, 6.07) is 8.70. The number of fused-ring (bicyclic) bond motifs is 2. The molecule has 1 saturated carbocycles. The van der Waals surface area contributed by atoms with Gasteiger partial charge in [-0.3, -0.25) is 14.5 Å². The van der Waals surface area contributed by atoms with Gasteiger partial charge in [0, 0.05) is 23.7 Å². The third kappa shape index (κ3) is 5.81. The molecule has 43 heavy (non-hydrogen) atoms. The molecule has 2 unspecified atom stereocenters. The van der Waals surface area contributed by atoms with E-state index in [4.69, 9.17) is 16.3 Å². The van der Waals surface area contributed by atoms with E-state index in [2.05, 4.69) is 26.5 Å². The zero-order valence-corrected chi connectivity index (χ0v) is 26.6. The molecule has 1 fully saturated rings. The Morgan fingerprint density at radius 3 is 2.51 bits per heavy atom. The second-order valence-corrected chi connectivity index (χ2v) is 14.5. The van der Waals surface area contributed by atoms with E-state index < -0.39 is 15.9 Å². The van der Waals surface area contributed by atoms with Crippen molar-refractivity contribution in [3.8, 4) is 5.75 Å². The first kappa shape index (κ1) is 30.4. The number of hydrogen-bond donors (Lipinski definition) is 4. The average Bonchev–Trinajstić information content (AvgIpc) is 3.19. The number of anilines is 3. The Morgan fingerprint density at radius 2 is 1.91 bits per heavy atom. The van der Waals surface area contributed by atoms with E-state index in [1.54, 1.807) is 30.5 Å². The van der Waals surface area contributed by atoms with E-state index in [0.29, 0.717) is 28.6 Å². The van der Waals surface area contributed by atoms with Gasteiger partial charge >= 0.3 is 0 Å². The lowest BCUT2D eigenvalue weighted by Gasteiger charge is -2.24. The van der Waals surface area contributed by atoms with Crippen molar-refractivity contribution in [1.29, 1.82) is 0 Å². The van der Waals surface area contributed by atoms with Gasteiger partial charge in [0.2, 0.25) is 10.0 Å². The molecular formula is C31H41N7O4S. The number of sulfonamides is 1. The molecule has 1 spiro atoms. The Labute approximate surface area is 253 Å². The van der Waals surface area contributed by atoms with Crippen molar-refractivity contribution in [3.63, 3.8) is 0 Å². The summed E-state index contributed by atoms with van der Waals surface area (Å²) in [4.78, 5) is 18.2. The SMILES string of the molecule is COc1c(NC(=O)c2ccc(C)c(N(N)C=C(N)c3cnc4n3C3(CC4)CC3C)c2)cc(C(C)(C)C)cc1NS(C)(=O)=O. The van der Waals surface area contributed by atoms with Crippen molar-refractivity contribution < 1.29 is 17.9 Å². The molecule has 1 amide bonds. The van der Waals surface area contributed by atoms with Crippen molar-refractivity contribution in [2.75, 3.05) is 28.4 Å². The fourth-order valence-corrected chi connectivity index (χ4v) is 6.55. The Bertz CT molecular complexity index is 1740. The first-order chi connectivity index (χ1) is 20.0. The summed E-state index contributed by atoms with van der Waals surface area (Å²) in [5.74, 6) is 7.92. The van der Waals surface area contributed by atoms with Crippen LogP contribution in [0.4, 0.5) is 17.1 Å². The molecule has 1 aromatic heterocycles. The molecule has 3 aromatic rings. The molecule has 0 radical (unpaired) electrons. The monoisotopic (exact) mass is 607 g/mol. The molecule has 2 heterocycles. The number of carbonyl (C=O) groups excluding carboxylic acids is 1. The van der Waals surface area contributed by atoms with E-state index in [-0.39, 0.29) is 22.4 Å². The van der Waals surface area contributed by atoms with Crippen LogP contribution in [0.1, 0.15) is 73.5 Å². The minimum atomic E-state index is -3.61. The number of imidazole rings is 1. The van der Waals surface area contributed by atoms with Crippen molar-refractivity contribution in [1.82, 2.24) is 9.55 Å². The van der Waals surface area contributed by atoms with Gasteiger partial charge in [-0.05, 0) is 66.5 Å². The molecule has 6 N–H and O–H groups in total. The number of nitrogens with one attached hydrogen (secondary N) is 2. The largest absolute Gasteiger partial charge is 0.492 e. The van der Waals surface area contributed by atoms with Crippen molar-refractivity contribution in [2.24, 2.45) is 17.5 Å². The summed E-state index contributed by atoms with van der Waals surface area (Å²) in [7, 11) is -2.19. The number of nitrogens with zero attached hydrogens (tertiary/aromatic N) is 3. The highest BCUT2D eigenvalue weighted by Crippen LogP contribution is 2.57. The van der Waals surface area contributed by atoms with E-state index in [1.807, 2.05) is 40.0 Å². The molecule has 1 aliphatic carbocycles. The van der Waals surface area contributed by atoms with Crippen LogP contribution in [0, 0.1) is 12.8 Å². The quantitative estimate of drug-likeness (QED) is 0.216. The summed E-state index contributed by atoms with van der Waals surface area (Å²) in [5.41, 5.74) is 10.9. The first-order valence-electron chi connectivity index (χ1n) is 14.2. The van der Waals surface area contributed by atoms with E-state index >= 15 is 0 Å². The fourth-order valence-electron chi connectivity index (χ4n) is 6.00. The van der Waals surface area contributed by atoms with Gasteiger partial charge in [-0.25, -0.2) is 19.2 Å². The van der Waals surface area contributed by atoms with E-state index in [0.717, 1.165) is 48.2 Å². The van der Waals surface area contributed by atoms with Gasteiger partial charge in [0.1, 0.15) is 5.82 Å². The van der Waals surface area contributed by atoms with Crippen LogP contribution in [0.3, 0.4) is 0 Å². The highest BCUT2D eigenvalue weighted by atomic mass is 32.2. The summed E-state index contributed by atoms with van der Waals surface area (Å²) in [6.07, 6.45) is 7.67. The molecule has 2 aliphatic rings. The highest BCUT2D eigenvalue weighted by molar-refractivity contribution is 7.92. The maximum Gasteiger partial charge on any atom is 0.255 e. The standard InChI is InChI=1S/C31H41N7O4S/c1-18-8-9-20(29(39)35-23-13-21(30(3,4)5)14-24(28(23)42-6)36-43(7,40)41)12-25(18)37(33)17-22(32)26-16-34-27-10-11-31(38(26)27)15-19(31)2/h8-9,12-14,16-17,19,36H,10-11,15,32-33H2,1-7H3,(H,35,39). The van der Waals surface area contributed by atoms with E-state index in [9.17, 15) is 13.2 Å². The predicted molar refractivity (Wildman–Crippen MR) is 170 cm³/mol. The molecule has 230 valence electrons. The van der Waals surface area contributed by atoms with Gasteiger partial charge in [-0.2, -0.15) is 0 Å². The fraction of sp³-hybridized carbons (Fsp3) is 0.419. The maximum atomic E-state index is 13.6. The first-order valence-corrected chi connectivity index (χ1v) is 16.1. The Balaban J connectivity index is 1.44. The summed E-state index contributed by atoms with van der Waals surface area (Å²) < 4.78 is 34.5. The number of carbonyl (C=O) groups is 1. The Morgan fingerprint density at radius 1 is 1.23 bits per heavy atom. The zero-order valence-electron chi connectivity index (χ0n) is 25.8. The lowest BCUT2D eigenvalue weighted by Crippen LogP contribution is -2.28. The number of hydrogen-bond acceptors (Lipinski definition) is 8. The zero-order chi connectivity index (χ0) is 31.5. The van der Waals surface area contributed by atoms with Gasteiger partial charge in [-0.1, -0.05) is 33.8 Å². The van der Waals surface area contributed by atoms with Gasteiger partial charge in [0.25, 0.3) is 5.91 Å². The molecule has 1 aliphatic heterocycles. The van der Waals surface area contributed by atoms with Crippen LogP contribution in [0.2, 0.25) is 0 Å². The summed E-state index contributed by atoms with van der Waals surface area (Å²) in [6.45, 7) is 10.1. The predicted octanol–water partition coefficient (Wildman–Crippen LogP) is 4.44. The third-order valence-electron chi connectivity index (χ3n) is 8.50. The number of rotatable bonds is 8. The number of aryl methyl sites for hydroxylation is 2. The molecule has 0 bridgehead atoms. The maximum absolute atomic E-state index is 13.6. The molecule has 12 heteroatoms. The second-order valence-electron chi connectivity index (χ2n) is 12.8. The van der Waals surface area contributed by atoms with Crippen molar-refractivity contribution in [2.45, 2.75) is 64.8 Å². The second kappa shape index (κ2) is 10.6. The molecule has 0 saturated heterocycles. The minimum Gasteiger partial charge on any atom is -0.492 e. The van der Waals surface area contributed by atoms with Gasteiger partial charge in [0.05, 0.1) is 48.0 Å². The van der Waals surface area contributed by atoms with Crippen LogP contribution in [0.25, 0.3) is 5.70 Å². The van der Waals surface area contributed by atoms with Crippen molar-refractivity contribution >= 4 is 38.7 Å². The Hall–Kier alpha value is -4.03. The third-order valence-corrected chi connectivity index (χ3v) is 9.10. The number of hydrazine groups is 1. The van der Waals surface area contributed by atoms with Gasteiger partial charge < -0.3 is 20.4 Å². The van der Waals surface area contributed by atoms with Crippen LogP contribution in [0.5, 0.6) is 5.75 Å². The highest BCUT2D eigenvalue weighted by Gasteiger charge is 2.56. The molecule has 11 nitrogen and oxygen atoms in total. The lowest BCUT2D eigenvalue weighted by atomic mass is 9.86. The number of ether oxygens (including phenoxy) is 1. The normalized spacial score (nSPS) is 19.7. The van der Waals surface area contributed by atoms with Gasteiger partial charge in [0.15, 0.2) is 5.75 Å². The van der Waals surface area contributed by atoms with Crippen LogP contribution in [-0.2, 0) is 27.4 Å². The number of benzene rings is 2. The molecular weight excluding hydrogens is 566 g/mol. The van der Waals surface area contributed by atoms with Crippen LogP contribution in [0.15, 0.2) is 42.7 Å². The lowest BCUT2D eigenvalue weighted by molar-refractivity contribution is 0.102. The van der Waals surface area contributed by atoms with Crippen molar-refractivity contribution in [3.05, 3.63) is 70.9 Å². The summed E-state index contributed by atoms with van der Waals surface area (Å²) in [5, 5.41) is 4.33. The number of nitrogens with two attached hydrogens (primary N) is 2. The molecule has 2 aromatic carbocycles. The molecule has 5 rings (SSSR count). The average molecular weight is 608 g/mol. The summed E-state index contributed by atoms with van der Waals surface area (Å²) >= 11 is 0. The smallest absolute Gasteiger partial charge is 0.255 e. The van der Waals surface area contributed by atoms with E-state index in [1.165, 1.54) is 12.1 Å². The van der Waals surface area contributed by atoms with Crippen LogP contribution >= 0.6 is 0 Å². The van der Waals surface area contributed by atoms with Crippen LogP contribution < -0.4 is 31.4 Å². The number of amides is 1.